The van der Waals surface area contributed by atoms with Crippen molar-refractivity contribution in [1.82, 2.24) is 0 Å². The molecule has 1 aliphatic heterocycles. The largest absolute Gasteiger partial charge is 0.454 e. The summed E-state index contributed by atoms with van der Waals surface area (Å²) in [5.74, 6) is -2.20. The molecule has 0 saturated heterocycles. The summed E-state index contributed by atoms with van der Waals surface area (Å²) in [5, 5.41) is 2.91. The van der Waals surface area contributed by atoms with Crippen molar-refractivity contribution in [2.24, 2.45) is 4.99 Å². The summed E-state index contributed by atoms with van der Waals surface area (Å²) in [7, 11) is 0. The number of alkyl halides is 6. The van der Waals surface area contributed by atoms with Crippen LogP contribution < -0.4 is 5.32 Å². The third-order valence-electron chi connectivity index (χ3n) is 4.51. The molecule has 0 saturated carbocycles. The summed E-state index contributed by atoms with van der Waals surface area (Å²) < 4.78 is 79.8. The maximum absolute atomic E-state index is 13.6. The fraction of sp³-hybridized carbons (Fsp3) is 0.333. The van der Waals surface area contributed by atoms with Crippen molar-refractivity contribution in [2.45, 2.75) is 38.3 Å². The number of carbonyl (C=O) groups is 1. The molecule has 1 atom stereocenters. The van der Waals surface area contributed by atoms with Gasteiger partial charge in [-0.2, -0.15) is 26.3 Å². The van der Waals surface area contributed by atoms with Gasteiger partial charge >= 0.3 is 12.4 Å². The molecule has 2 aromatic carbocycles. The Morgan fingerprint density at radius 2 is 1.70 bits per heavy atom. The van der Waals surface area contributed by atoms with Gasteiger partial charge in [-0.05, 0) is 24.8 Å². The number of aliphatic imine (C=N–C) groups is 1. The van der Waals surface area contributed by atoms with Crippen LogP contribution in [-0.2, 0) is 0 Å². The minimum Gasteiger partial charge on any atom is -0.360 e. The van der Waals surface area contributed by atoms with Crippen LogP contribution in [0.1, 0.15) is 36.2 Å². The van der Waals surface area contributed by atoms with Crippen molar-refractivity contribution in [3.63, 3.8) is 0 Å². The van der Waals surface area contributed by atoms with Crippen LogP contribution in [0.15, 0.2) is 35.3 Å². The van der Waals surface area contributed by atoms with E-state index >= 15 is 0 Å². The average Bonchev–Trinajstić information content (AvgIpc) is 2.58. The fourth-order valence-corrected chi connectivity index (χ4v) is 3.03. The second-order valence-corrected chi connectivity index (χ2v) is 6.43. The van der Waals surface area contributed by atoms with E-state index in [0.717, 1.165) is 0 Å². The number of rotatable bonds is 2. The van der Waals surface area contributed by atoms with Gasteiger partial charge in [0, 0.05) is 16.5 Å². The van der Waals surface area contributed by atoms with Gasteiger partial charge in [-0.1, -0.05) is 31.2 Å². The first-order valence-corrected chi connectivity index (χ1v) is 8.00. The van der Waals surface area contributed by atoms with Crippen molar-refractivity contribution in [2.75, 3.05) is 5.32 Å². The number of nitrogens with one attached hydrogen (secondary N) is 1. The van der Waals surface area contributed by atoms with Crippen LogP contribution >= 0.6 is 0 Å². The van der Waals surface area contributed by atoms with Crippen LogP contribution in [0.4, 0.5) is 32.0 Å². The summed E-state index contributed by atoms with van der Waals surface area (Å²) in [5.41, 5.74) is -3.98. The van der Waals surface area contributed by atoms with Crippen molar-refractivity contribution >= 4 is 28.0 Å². The van der Waals surface area contributed by atoms with Crippen molar-refractivity contribution < 1.29 is 31.1 Å². The van der Waals surface area contributed by atoms with Gasteiger partial charge in [0.05, 0.1) is 5.69 Å². The van der Waals surface area contributed by atoms with Crippen LogP contribution in [0, 0.1) is 0 Å². The van der Waals surface area contributed by atoms with Crippen molar-refractivity contribution in [3.05, 3.63) is 41.5 Å². The number of hydrogen-bond acceptors (Lipinski definition) is 3. The quantitative estimate of drug-likeness (QED) is 0.546. The summed E-state index contributed by atoms with van der Waals surface area (Å²) in [4.78, 5) is 15.5. The molecule has 1 unspecified atom stereocenters. The standard InChI is InChI=1S/C18H14F6N2O/c1-3-16(2)25-13-10-7-5-4-6-9(10)11(15(27)18(22,23)24)8-12(13)14(26-16)17(19,20)21/h4-8,25H,3H2,1-2H3. The van der Waals surface area contributed by atoms with Gasteiger partial charge in [-0.25, -0.2) is 0 Å². The Morgan fingerprint density at radius 1 is 1.11 bits per heavy atom. The van der Waals surface area contributed by atoms with Gasteiger partial charge in [0.25, 0.3) is 5.78 Å². The molecular weight excluding hydrogens is 374 g/mol. The van der Waals surface area contributed by atoms with Gasteiger partial charge in [-0.3, -0.25) is 9.79 Å². The van der Waals surface area contributed by atoms with Gasteiger partial charge in [0.15, 0.2) is 5.71 Å². The highest BCUT2D eigenvalue weighted by atomic mass is 19.4. The molecule has 1 heterocycles. The molecule has 27 heavy (non-hydrogen) atoms. The first-order valence-electron chi connectivity index (χ1n) is 8.00. The number of benzene rings is 2. The molecule has 1 N–H and O–H groups in total. The second-order valence-electron chi connectivity index (χ2n) is 6.43. The van der Waals surface area contributed by atoms with E-state index < -0.39 is 40.6 Å². The summed E-state index contributed by atoms with van der Waals surface area (Å²) in [6.45, 7) is 3.10. The molecule has 144 valence electrons. The second kappa shape index (κ2) is 5.97. The normalized spacial score (nSPS) is 20.1. The lowest BCUT2D eigenvalue weighted by atomic mass is 9.90. The Kier molecular flexibility index (Phi) is 4.24. The van der Waals surface area contributed by atoms with Crippen LogP contribution in [0.3, 0.4) is 0 Å². The maximum atomic E-state index is 13.6. The predicted octanol–water partition coefficient (Wildman–Crippen LogP) is 5.49. The average molecular weight is 388 g/mol. The molecule has 2 aromatic rings. The van der Waals surface area contributed by atoms with Gasteiger partial charge < -0.3 is 5.32 Å². The van der Waals surface area contributed by atoms with Crippen LogP contribution in [0.25, 0.3) is 10.8 Å². The zero-order valence-electron chi connectivity index (χ0n) is 14.2. The molecule has 0 aromatic heterocycles. The molecule has 0 radical (unpaired) electrons. The summed E-state index contributed by atoms with van der Waals surface area (Å²) in [6, 6.07) is 6.18. The lowest BCUT2D eigenvalue weighted by molar-refractivity contribution is -0.0884. The number of nitrogens with zero attached hydrogens (tertiary/aromatic N) is 1. The number of carbonyl (C=O) groups excluding carboxylic acids is 1. The molecule has 3 nitrogen and oxygen atoms in total. The SMILES string of the molecule is CCC1(C)N=C(C(F)(F)F)c2cc(C(=O)C(F)(F)F)c3ccccc3c2N1. The zero-order valence-corrected chi connectivity index (χ0v) is 14.2. The lowest BCUT2D eigenvalue weighted by Gasteiger charge is -2.35. The Hall–Kier alpha value is -2.58. The summed E-state index contributed by atoms with van der Waals surface area (Å²) in [6.07, 6.45) is -9.90. The number of fused-ring (bicyclic) bond motifs is 3. The topological polar surface area (TPSA) is 41.5 Å². The highest BCUT2D eigenvalue weighted by Crippen LogP contribution is 2.42. The van der Waals surface area contributed by atoms with Gasteiger partial charge in [0.2, 0.25) is 0 Å². The van der Waals surface area contributed by atoms with Crippen molar-refractivity contribution in [1.29, 1.82) is 0 Å². The highest BCUT2D eigenvalue weighted by Gasteiger charge is 2.46. The molecule has 1 aliphatic rings. The Morgan fingerprint density at radius 3 is 2.22 bits per heavy atom. The molecular formula is C18H14F6N2O. The molecule has 0 bridgehead atoms. The van der Waals surface area contributed by atoms with E-state index in [1.807, 2.05) is 0 Å². The summed E-state index contributed by atoms with van der Waals surface area (Å²) >= 11 is 0. The zero-order chi connectivity index (χ0) is 20.2. The third-order valence-corrected chi connectivity index (χ3v) is 4.51. The number of hydrogen-bond donors (Lipinski definition) is 1. The van der Waals surface area contributed by atoms with Crippen LogP contribution in [0.2, 0.25) is 0 Å². The molecule has 9 heteroatoms. The first kappa shape index (κ1) is 19.2. The molecule has 0 spiro atoms. The monoisotopic (exact) mass is 388 g/mol. The smallest absolute Gasteiger partial charge is 0.360 e. The predicted molar refractivity (Wildman–Crippen MR) is 89.2 cm³/mol. The molecule has 0 aliphatic carbocycles. The van der Waals surface area contributed by atoms with E-state index in [0.29, 0.717) is 6.07 Å². The van der Waals surface area contributed by atoms with Gasteiger partial charge in [0.1, 0.15) is 5.66 Å². The molecule has 0 fully saturated rings. The Labute approximate surface area is 150 Å². The van der Waals surface area contributed by atoms with Crippen molar-refractivity contribution in [3.8, 4) is 0 Å². The number of anilines is 1. The van der Waals surface area contributed by atoms with E-state index in [4.69, 9.17) is 0 Å². The fourth-order valence-electron chi connectivity index (χ4n) is 3.03. The lowest BCUT2D eigenvalue weighted by Crippen LogP contribution is -2.41. The number of Topliss-reactive ketones (excluding diaryl/α,β-unsaturated/α-hetero) is 1. The van der Waals surface area contributed by atoms with E-state index in [1.54, 1.807) is 6.92 Å². The van der Waals surface area contributed by atoms with Crippen LogP contribution in [0.5, 0.6) is 0 Å². The molecule has 0 amide bonds. The number of halogens is 6. The van der Waals surface area contributed by atoms with E-state index in [2.05, 4.69) is 10.3 Å². The maximum Gasteiger partial charge on any atom is 0.454 e. The van der Waals surface area contributed by atoms with Gasteiger partial charge in [-0.15, -0.1) is 0 Å². The Bertz CT molecular complexity index is 961. The minimum atomic E-state index is -5.22. The molecule has 3 rings (SSSR count). The third kappa shape index (κ3) is 3.26. The van der Waals surface area contributed by atoms with E-state index in [1.165, 1.54) is 31.2 Å². The minimum absolute atomic E-state index is 0.0102. The van der Waals surface area contributed by atoms with E-state index in [9.17, 15) is 31.1 Å². The van der Waals surface area contributed by atoms with E-state index in [-0.39, 0.29) is 22.9 Å². The number of ketones is 1. The highest BCUT2D eigenvalue weighted by molar-refractivity contribution is 6.21. The van der Waals surface area contributed by atoms with Crippen LogP contribution in [-0.4, -0.2) is 29.5 Å². The first-order chi connectivity index (χ1) is 12.4. The Balaban J connectivity index is 2.41.